The van der Waals surface area contributed by atoms with Crippen LogP contribution in [0.4, 0.5) is 0 Å². The van der Waals surface area contributed by atoms with Crippen molar-refractivity contribution in [2.45, 2.75) is 6.04 Å². The van der Waals surface area contributed by atoms with E-state index in [9.17, 15) is 9.59 Å². The van der Waals surface area contributed by atoms with Crippen molar-refractivity contribution in [3.8, 4) is 5.75 Å². The van der Waals surface area contributed by atoms with Crippen molar-refractivity contribution in [3.63, 3.8) is 0 Å². The maximum Gasteiger partial charge on any atom is 0.244 e. The third-order valence-electron chi connectivity index (χ3n) is 5.13. The van der Waals surface area contributed by atoms with Gasteiger partial charge >= 0.3 is 0 Å². The lowest BCUT2D eigenvalue weighted by Crippen LogP contribution is -2.45. The Kier molecular flexibility index (Phi) is 8.63. The number of hydrogen-bond donors (Lipinski definition) is 2. The first-order valence-corrected chi connectivity index (χ1v) is 10.4. The Morgan fingerprint density at radius 1 is 1.06 bits per heavy atom. The lowest BCUT2D eigenvalue weighted by Gasteiger charge is -2.35. The SMILES string of the molecule is COc1ccc(C(CNC(=O)CNC(=O)/C=C/c2ccccc2)N2CCOCC2)cc1. The molecule has 0 saturated carbocycles. The van der Waals surface area contributed by atoms with Crippen LogP contribution in [0.15, 0.2) is 60.7 Å². The van der Waals surface area contributed by atoms with Crippen molar-refractivity contribution in [2.24, 2.45) is 0 Å². The molecule has 0 radical (unpaired) electrons. The molecule has 0 spiro atoms. The number of hydrogen-bond acceptors (Lipinski definition) is 5. The lowest BCUT2D eigenvalue weighted by molar-refractivity contribution is -0.124. The van der Waals surface area contributed by atoms with Crippen molar-refractivity contribution in [1.82, 2.24) is 15.5 Å². The summed E-state index contributed by atoms with van der Waals surface area (Å²) >= 11 is 0. The van der Waals surface area contributed by atoms with E-state index in [4.69, 9.17) is 9.47 Å². The summed E-state index contributed by atoms with van der Waals surface area (Å²) in [5.74, 6) is 0.256. The average molecular weight is 424 g/mol. The number of nitrogens with zero attached hydrogens (tertiary/aromatic N) is 1. The van der Waals surface area contributed by atoms with Crippen LogP contribution in [0.25, 0.3) is 6.08 Å². The van der Waals surface area contributed by atoms with Crippen molar-refractivity contribution in [2.75, 3.05) is 46.5 Å². The van der Waals surface area contributed by atoms with Crippen molar-refractivity contribution in [1.29, 1.82) is 0 Å². The van der Waals surface area contributed by atoms with Crippen LogP contribution in [0.2, 0.25) is 0 Å². The predicted octanol–water partition coefficient (Wildman–Crippen LogP) is 2.01. The summed E-state index contributed by atoms with van der Waals surface area (Å²) in [6, 6.07) is 17.4. The van der Waals surface area contributed by atoms with E-state index in [0.717, 1.165) is 30.0 Å². The van der Waals surface area contributed by atoms with E-state index in [1.54, 1.807) is 13.2 Å². The molecule has 164 valence electrons. The molecule has 2 amide bonds. The smallest absolute Gasteiger partial charge is 0.244 e. The molecule has 31 heavy (non-hydrogen) atoms. The molecule has 2 aromatic carbocycles. The van der Waals surface area contributed by atoms with E-state index in [2.05, 4.69) is 15.5 Å². The molecule has 0 aliphatic carbocycles. The van der Waals surface area contributed by atoms with Crippen LogP contribution in [0, 0.1) is 0 Å². The van der Waals surface area contributed by atoms with Crippen LogP contribution in [-0.2, 0) is 14.3 Å². The standard InChI is InChI=1S/C24H29N3O4/c1-30-21-10-8-20(9-11-21)22(27-13-15-31-16-14-27)17-25-24(29)18-26-23(28)12-7-19-5-3-2-4-6-19/h2-12,22H,13-18H2,1H3,(H,25,29)(H,26,28)/b12-7+. The van der Waals surface area contributed by atoms with Gasteiger partial charge in [0.15, 0.2) is 0 Å². The molecule has 1 saturated heterocycles. The molecule has 1 fully saturated rings. The molecule has 1 heterocycles. The summed E-state index contributed by atoms with van der Waals surface area (Å²) in [6.45, 7) is 3.31. The second-order valence-corrected chi connectivity index (χ2v) is 7.20. The maximum atomic E-state index is 12.3. The van der Waals surface area contributed by atoms with Gasteiger partial charge in [-0.3, -0.25) is 14.5 Å². The molecule has 2 N–H and O–H groups in total. The van der Waals surface area contributed by atoms with Crippen LogP contribution in [-0.4, -0.2) is 63.2 Å². The molecule has 7 nitrogen and oxygen atoms in total. The number of carbonyl (C=O) groups is 2. The number of nitrogens with one attached hydrogen (secondary N) is 2. The van der Waals surface area contributed by atoms with Gasteiger partial charge in [-0.15, -0.1) is 0 Å². The molecular formula is C24H29N3O4. The second kappa shape index (κ2) is 11.9. The summed E-state index contributed by atoms with van der Waals surface area (Å²) in [4.78, 5) is 26.6. The number of rotatable bonds is 9. The maximum absolute atomic E-state index is 12.3. The fourth-order valence-corrected chi connectivity index (χ4v) is 3.41. The van der Waals surface area contributed by atoms with Crippen LogP contribution < -0.4 is 15.4 Å². The Morgan fingerprint density at radius 2 is 1.77 bits per heavy atom. The van der Waals surface area contributed by atoms with E-state index in [1.165, 1.54) is 6.08 Å². The molecule has 2 aromatic rings. The summed E-state index contributed by atoms with van der Waals surface area (Å²) in [7, 11) is 1.64. The van der Waals surface area contributed by atoms with Crippen molar-refractivity contribution in [3.05, 3.63) is 71.8 Å². The van der Waals surface area contributed by atoms with Gasteiger partial charge in [-0.1, -0.05) is 42.5 Å². The first-order chi connectivity index (χ1) is 15.2. The first kappa shape index (κ1) is 22.5. The monoisotopic (exact) mass is 423 g/mol. The summed E-state index contributed by atoms with van der Waals surface area (Å²) < 4.78 is 10.7. The van der Waals surface area contributed by atoms with E-state index in [1.807, 2.05) is 54.6 Å². The Hall–Kier alpha value is -3.16. The number of carbonyl (C=O) groups excluding carboxylic acids is 2. The topological polar surface area (TPSA) is 79.9 Å². The molecule has 1 unspecified atom stereocenters. The Labute approximate surface area is 183 Å². The van der Waals surface area contributed by atoms with Gasteiger partial charge in [-0.2, -0.15) is 0 Å². The second-order valence-electron chi connectivity index (χ2n) is 7.20. The quantitative estimate of drug-likeness (QED) is 0.603. The summed E-state index contributed by atoms with van der Waals surface area (Å²) in [5.41, 5.74) is 2.02. The average Bonchev–Trinajstić information content (AvgIpc) is 2.83. The highest BCUT2D eigenvalue weighted by Crippen LogP contribution is 2.23. The molecule has 0 aromatic heterocycles. The van der Waals surface area contributed by atoms with E-state index in [0.29, 0.717) is 19.8 Å². The van der Waals surface area contributed by atoms with Crippen LogP contribution in [0.3, 0.4) is 0 Å². The summed E-state index contributed by atoms with van der Waals surface area (Å²) in [6.07, 6.45) is 3.14. The van der Waals surface area contributed by atoms with Gasteiger partial charge in [-0.05, 0) is 29.3 Å². The number of methoxy groups -OCH3 is 1. The number of ether oxygens (including phenoxy) is 2. The Bertz CT molecular complexity index is 862. The molecule has 1 aliphatic heterocycles. The third kappa shape index (κ3) is 7.24. The van der Waals surface area contributed by atoms with Crippen LogP contribution in [0.1, 0.15) is 17.2 Å². The predicted molar refractivity (Wildman–Crippen MR) is 120 cm³/mol. The zero-order chi connectivity index (χ0) is 21.9. The van der Waals surface area contributed by atoms with E-state index < -0.39 is 0 Å². The van der Waals surface area contributed by atoms with Crippen molar-refractivity contribution >= 4 is 17.9 Å². The third-order valence-corrected chi connectivity index (χ3v) is 5.13. The van der Waals surface area contributed by atoms with Gasteiger partial charge in [-0.25, -0.2) is 0 Å². The highest BCUT2D eigenvalue weighted by atomic mass is 16.5. The largest absolute Gasteiger partial charge is 0.497 e. The minimum Gasteiger partial charge on any atom is -0.497 e. The minimum absolute atomic E-state index is 0.0208. The van der Waals surface area contributed by atoms with Gasteiger partial charge in [0.1, 0.15) is 5.75 Å². The lowest BCUT2D eigenvalue weighted by atomic mass is 10.0. The number of amides is 2. The van der Waals surface area contributed by atoms with Crippen LogP contribution >= 0.6 is 0 Å². The minimum atomic E-state index is -0.307. The molecule has 0 bridgehead atoms. The zero-order valence-corrected chi connectivity index (χ0v) is 17.8. The number of morpholine rings is 1. The fraction of sp³-hybridized carbons (Fsp3) is 0.333. The van der Waals surface area contributed by atoms with Gasteiger partial charge in [0.05, 0.1) is 32.9 Å². The Balaban J connectivity index is 1.51. The van der Waals surface area contributed by atoms with E-state index in [-0.39, 0.29) is 24.4 Å². The normalized spacial score (nSPS) is 15.4. The molecular weight excluding hydrogens is 394 g/mol. The van der Waals surface area contributed by atoms with Gasteiger partial charge in [0, 0.05) is 25.7 Å². The highest BCUT2D eigenvalue weighted by molar-refractivity contribution is 5.94. The van der Waals surface area contributed by atoms with Gasteiger partial charge < -0.3 is 20.1 Å². The Morgan fingerprint density at radius 3 is 2.45 bits per heavy atom. The fourth-order valence-electron chi connectivity index (χ4n) is 3.41. The van der Waals surface area contributed by atoms with Crippen LogP contribution in [0.5, 0.6) is 5.75 Å². The molecule has 1 aliphatic rings. The van der Waals surface area contributed by atoms with E-state index >= 15 is 0 Å². The van der Waals surface area contributed by atoms with Crippen molar-refractivity contribution < 1.29 is 19.1 Å². The number of benzene rings is 2. The first-order valence-electron chi connectivity index (χ1n) is 10.4. The zero-order valence-electron chi connectivity index (χ0n) is 17.8. The highest BCUT2D eigenvalue weighted by Gasteiger charge is 2.23. The molecule has 1 atom stereocenters. The summed E-state index contributed by atoms with van der Waals surface area (Å²) in [5, 5.41) is 5.57. The van der Waals surface area contributed by atoms with Gasteiger partial charge in [0.25, 0.3) is 0 Å². The molecule has 3 rings (SSSR count). The molecule has 7 heteroatoms. The van der Waals surface area contributed by atoms with Gasteiger partial charge in [0.2, 0.25) is 11.8 Å².